The fourth-order valence-electron chi connectivity index (χ4n) is 1.99. The lowest BCUT2D eigenvalue weighted by atomic mass is 10.1. The number of anilines is 2. The third-order valence-electron chi connectivity index (χ3n) is 3.05. The highest BCUT2D eigenvalue weighted by Gasteiger charge is 2.30. The van der Waals surface area contributed by atoms with Gasteiger partial charge in [-0.15, -0.1) is 0 Å². The molecule has 0 radical (unpaired) electrons. The van der Waals surface area contributed by atoms with Gasteiger partial charge >= 0.3 is 0 Å². The van der Waals surface area contributed by atoms with Gasteiger partial charge in [0.1, 0.15) is 6.61 Å². The number of aliphatic imine (C=N–C) groups is 1. The van der Waals surface area contributed by atoms with E-state index < -0.39 is 0 Å². The van der Waals surface area contributed by atoms with Crippen molar-refractivity contribution < 1.29 is 9.47 Å². The van der Waals surface area contributed by atoms with Crippen molar-refractivity contribution in [3.8, 4) is 0 Å². The van der Waals surface area contributed by atoms with E-state index in [0.717, 1.165) is 11.4 Å². The first-order valence-corrected chi connectivity index (χ1v) is 6.95. The fourth-order valence-corrected chi connectivity index (χ4v) is 1.99. The van der Waals surface area contributed by atoms with E-state index in [9.17, 15) is 0 Å². The lowest BCUT2D eigenvalue weighted by Gasteiger charge is -2.23. The summed E-state index contributed by atoms with van der Waals surface area (Å²) in [4.78, 5) is 6.66. The largest absolute Gasteiger partial charge is 0.462 e. The first-order chi connectivity index (χ1) is 9.52. The molecule has 5 heteroatoms. The molecule has 0 spiro atoms. The molecule has 110 valence electrons. The summed E-state index contributed by atoms with van der Waals surface area (Å²) in [6.45, 7) is 8.74. The van der Waals surface area contributed by atoms with E-state index in [4.69, 9.17) is 15.2 Å². The van der Waals surface area contributed by atoms with E-state index in [-0.39, 0.29) is 5.54 Å². The highest BCUT2D eigenvalue weighted by Crippen LogP contribution is 2.23. The molecule has 1 aromatic carbocycles. The second-order valence-corrected chi connectivity index (χ2v) is 5.44. The molecule has 0 unspecified atom stereocenters. The molecule has 0 fully saturated rings. The van der Waals surface area contributed by atoms with Crippen molar-refractivity contribution >= 4 is 17.4 Å². The highest BCUT2D eigenvalue weighted by molar-refractivity contribution is 5.93. The van der Waals surface area contributed by atoms with Crippen LogP contribution in [0.25, 0.3) is 0 Å². The number of ether oxygens (including phenoxy) is 2. The number of nitrogens with two attached hydrogens (primary N) is 1. The fraction of sp³-hybridized carbons (Fsp3) is 0.533. The smallest absolute Gasteiger partial charge is 0.292 e. The number of hydrogen-bond donors (Lipinski definition) is 1. The van der Waals surface area contributed by atoms with Crippen LogP contribution in [-0.4, -0.2) is 37.9 Å². The molecule has 1 heterocycles. The van der Waals surface area contributed by atoms with Gasteiger partial charge in [0.05, 0.1) is 18.7 Å². The van der Waals surface area contributed by atoms with Gasteiger partial charge in [0.25, 0.3) is 6.02 Å². The lowest BCUT2D eigenvalue weighted by molar-refractivity contribution is 0.154. The molecule has 0 saturated carbocycles. The zero-order valence-corrected chi connectivity index (χ0v) is 12.4. The predicted octanol–water partition coefficient (Wildman–Crippen LogP) is 2.28. The Morgan fingerprint density at radius 2 is 2.05 bits per heavy atom. The Labute approximate surface area is 120 Å². The van der Waals surface area contributed by atoms with Crippen molar-refractivity contribution in [2.24, 2.45) is 4.99 Å². The summed E-state index contributed by atoms with van der Waals surface area (Å²) >= 11 is 0. The number of rotatable bonds is 5. The number of nitrogens with zero attached hydrogens (tertiary/aromatic N) is 2. The number of nitrogen functional groups attached to an aromatic ring is 1. The zero-order chi connectivity index (χ0) is 14.6. The molecule has 0 atom stereocenters. The molecular weight excluding hydrogens is 254 g/mol. The van der Waals surface area contributed by atoms with E-state index in [1.165, 1.54) is 0 Å². The SMILES string of the molecule is CCOCCN(C1=NC(C)(C)CO1)c1ccc(N)cc1. The zero-order valence-electron chi connectivity index (χ0n) is 12.4. The highest BCUT2D eigenvalue weighted by atomic mass is 16.5. The molecule has 0 saturated heterocycles. The number of benzene rings is 1. The second kappa shape index (κ2) is 6.13. The first kappa shape index (κ1) is 14.7. The molecule has 0 amide bonds. The molecule has 5 nitrogen and oxygen atoms in total. The Morgan fingerprint density at radius 1 is 1.35 bits per heavy atom. The molecule has 0 aliphatic carbocycles. The van der Waals surface area contributed by atoms with Gasteiger partial charge in [-0.2, -0.15) is 0 Å². The molecule has 1 aliphatic heterocycles. The van der Waals surface area contributed by atoms with Crippen molar-refractivity contribution in [1.29, 1.82) is 0 Å². The van der Waals surface area contributed by atoms with Gasteiger partial charge in [0, 0.05) is 18.0 Å². The van der Waals surface area contributed by atoms with Crippen molar-refractivity contribution in [3.63, 3.8) is 0 Å². The Kier molecular flexibility index (Phi) is 4.49. The maximum absolute atomic E-state index is 5.74. The minimum Gasteiger partial charge on any atom is -0.462 e. The van der Waals surface area contributed by atoms with Gasteiger partial charge in [-0.05, 0) is 45.0 Å². The number of amidine groups is 1. The van der Waals surface area contributed by atoms with Crippen LogP contribution in [0.15, 0.2) is 29.3 Å². The summed E-state index contributed by atoms with van der Waals surface area (Å²) in [5.41, 5.74) is 7.32. The summed E-state index contributed by atoms with van der Waals surface area (Å²) in [5, 5.41) is 0. The lowest BCUT2D eigenvalue weighted by Crippen LogP contribution is -2.34. The topological polar surface area (TPSA) is 60.1 Å². The van der Waals surface area contributed by atoms with Crippen LogP contribution in [0.5, 0.6) is 0 Å². The molecule has 0 aromatic heterocycles. The van der Waals surface area contributed by atoms with Crippen molar-refractivity contribution in [2.45, 2.75) is 26.3 Å². The van der Waals surface area contributed by atoms with E-state index in [0.29, 0.717) is 32.4 Å². The Balaban J connectivity index is 2.18. The maximum Gasteiger partial charge on any atom is 0.292 e. The van der Waals surface area contributed by atoms with Crippen molar-refractivity contribution in [1.82, 2.24) is 0 Å². The Morgan fingerprint density at radius 3 is 2.60 bits per heavy atom. The molecular formula is C15H23N3O2. The molecule has 2 N–H and O–H groups in total. The Bertz CT molecular complexity index is 469. The number of hydrogen-bond acceptors (Lipinski definition) is 5. The van der Waals surface area contributed by atoms with Gasteiger partial charge in [-0.25, -0.2) is 4.99 Å². The quantitative estimate of drug-likeness (QED) is 0.662. The third kappa shape index (κ3) is 3.63. The monoisotopic (exact) mass is 277 g/mol. The summed E-state index contributed by atoms with van der Waals surface area (Å²) in [7, 11) is 0. The molecule has 0 bridgehead atoms. The first-order valence-electron chi connectivity index (χ1n) is 6.95. The van der Waals surface area contributed by atoms with Crippen LogP contribution in [0.2, 0.25) is 0 Å². The minimum absolute atomic E-state index is 0.174. The van der Waals surface area contributed by atoms with Crippen molar-refractivity contribution in [3.05, 3.63) is 24.3 Å². The second-order valence-electron chi connectivity index (χ2n) is 5.44. The minimum atomic E-state index is -0.174. The van der Waals surface area contributed by atoms with Crippen LogP contribution in [-0.2, 0) is 9.47 Å². The van der Waals surface area contributed by atoms with Gasteiger partial charge in [0.15, 0.2) is 0 Å². The maximum atomic E-state index is 5.74. The van der Waals surface area contributed by atoms with Gasteiger partial charge in [0.2, 0.25) is 0 Å². The van der Waals surface area contributed by atoms with Crippen LogP contribution in [0.3, 0.4) is 0 Å². The van der Waals surface area contributed by atoms with Gasteiger partial charge in [-0.1, -0.05) is 0 Å². The van der Waals surface area contributed by atoms with E-state index in [2.05, 4.69) is 18.8 Å². The van der Waals surface area contributed by atoms with E-state index >= 15 is 0 Å². The van der Waals surface area contributed by atoms with Crippen LogP contribution < -0.4 is 10.6 Å². The van der Waals surface area contributed by atoms with Gasteiger partial charge < -0.3 is 15.2 Å². The van der Waals surface area contributed by atoms with Crippen molar-refractivity contribution in [2.75, 3.05) is 37.0 Å². The molecule has 1 aromatic rings. The Hall–Kier alpha value is -1.75. The summed E-state index contributed by atoms with van der Waals surface area (Å²) in [6.07, 6.45) is 0. The standard InChI is InChI=1S/C15H23N3O2/c1-4-19-10-9-18(13-7-5-12(16)6-8-13)14-17-15(2,3)11-20-14/h5-8H,4,9-11,16H2,1-3H3. The summed E-state index contributed by atoms with van der Waals surface area (Å²) in [6, 6.07) is 8.35. The third-order valence-corrected chi connectivity index (χ3v) is 3.05. The summed E-state index contributed by atoms with van der Waals surface area (Å²) < 4.78 is 11.2. The summed E-state index contributed by atoms with van der Waals surface area (Å²) in [5.74, 6) is 0. The van der Waals surface area contributed by atoms with Crippen LogP contribution in [0.4, 0.5) is 11.4 Å². The average molecular weight is 277 g/mol. The van der Waals surface area contributed by atoms with Crippen LogP contribution >= 0.6 is 0 Å². The molecule has 20 heavy (non-hydrogen) atoms. The van der Waals surface area contributed by atoms with E-state index in [1.807, 2.05) is 36.1 Å². The normalized spacial score (nSPS) is 16.6. The average Bonchev–Trinajstić information content (AvgIpc) is 2.76. The van der Waals surface area contributed by atoms with Crippen LogP contribution in [0.1, 0.15) is 20.8 Å². The molecule has 2 rings (SSSR count). The van der Waals surface area contributed by atoms with Crippen LogP contribution in [0, 0.1) is 0 Å². The van der Waals surface area contributed by atoms with Gasteiger partial charge in [-0.3, -0.25) is 4.90 Å². The predicted molar refractivity (Wildman–Crippen MR) is 82.2 cm³/mol. The molecule has 1 aliphatic rings. The van der Waals surface area contributed by atoms with E-state index in [1.54, 1.807) is 0 Å².